The number of nitrogens with zero attached hydrogens (tertiary/aromatic N) is 7. The van der Waals surface area contributed by atoms with Gasteiger partial charge in [0.1, 0.15) is 12.1 Å². The molecule has 0 spiro atoms. The number of fused-ring (bicyclic) bond motifs is 3. The van der Waals surface area contributed by atoms with Crippen LogP contribution in [0.3, 0.4) is 0 Å². The first-order valence-corrected chi connectivity index (χ1v) is 10.8. The first-order valence-electron chi connectivity index (χ1n) is 10.8. The standard InChI is InChI=1S/C28H14N7.Rb/c29-12-18-14-33-28(34-15-18)19-9-10-26(23(11-19)20-16-31-27(13-30)32-17-20)35-24-7-3-1-5-21(24)22-6-2-4-8-25(22)35;/h1,3-11,14-17H;/q-1;+1. The molecule has 0 aliphatic heterocycles. The average Bonchev–Trinajstić information content (AvgIpc) is 3.27. The van der Waals surface area contributed by atoms with E-state index in [0.717, 1.165) is 44.2 Å². The molecule has 8 heteroatoms. The average molecular weight is 534 g/mol. The van der Waals surface area contributed by atoms with Gasteiger partial charge < -0.3 is 4.57 Å². The molecule has 3 heterocycles. The fraction of sp³-hybridized carbons (Fsp3) is 0. The summed E-state index contributed by atoms with van der Waals surface area (Å²) in [6.45, 7) is 0. The van der Waals surface area contributed by atoms with E-state index >= 15 is 0 Å². The summed E-state index contributed by atoms with van der Waals surface area (Å²) in [6.07, 6.45) is 6.30. The monoisotopic (exact) mass is 533 g/mol. The number of hydrogen-bond acceptors (Lipinski definition) is 6. The van der Waals surface area contributed by atoms with Crippen LogP contribution in [0.5, 0.6) is 0 Å². The third kappa shape index (κ3) is 4.17. The summed E-state index contributed by atoms with van der Waals surface area (Å²) in [6, 6.07) is 27.3. The van der Waals surface area contributed by atoms with Gasteiger partial charge in [-0.25, -0.2) is 19.9 Å². The van der Waals surface area contributed by atoms with E-state index in [4.69, 9.17) is 10.5 Å². The van der Waals surface area contributed by atoms with Crippen molar-refractivity contribution in [2.24, 2.45) is 0 Å². The second-order valence-corrected chi connectivity index (χ2v) is 7.84. The van der Waals surface area contributed by atoms with Gasteiger partial charge in [-0.3, -0.25) is 0 Å². The normalized spacial score (nSPS) is 10.5. The van der Waals surface area contributed by atoms with E-state index in [1.54, 1.807) is 12.4 Å². The predicted molar refractivity (Wildman–Crippen MR) is 131 cm³/mol. The van der Waals surface area contributed by atoms with Crippen LogP contribution < -0.4 is 58.2 Å². The fourth-order valence-electron chi connectivity index (χ4n) is 4.28. The fourth-order valence-corrected chi connectivity index (χ4v) is 4.28. The molecule has 0 radical (unpaired) electrons. The maximum atomic E-state index is 9.15. The Bertz CT molecular complexity index is 1760. The topological polar surface area (TPSA) is 104 Å². The molecule has 0 aliphatic carbocycles. The van der Waals surface area contributed by atoms with E-state index in [9.17, 15) is 0 Å². The van der Waals surface area contributed by atoms with Gasteiger partial charge in [-0.1, -0.05) is 23.7 Å². The summed E-state index contributed by atoms with van der Waals surface area (Å²) in [4.78, 5) is 17.1. The Kier molecular flexibility index (Phi) is 6.82. The zero-order valence-corrected chi connectivity index (χ0v) is 24.1. The first kappa shape index (κ1) is 24.1. The van der Waals surface area contributed by atoms with Crippen molar-refractivity contribution in [3.8, 4) is 40.3 Å². The summed E-state index contributed by atoms with van der Waals surface area (Å²) in [7, 11) is 0. The molecule has 0 bridgehead atoms. The van der Waals surface area contributed by atoms with Gasteiger partial charge in [0.15, 0.2) is 5.82 Å². The van der Waals surface area contributed by atoms with E-state index in [1.807, 2.05) is 60.7 Å². The van der Waals surface area contributed by atoms with Crippen molar-refractivity contribution in [3.05, 3.63) is 103 Å². The SMILES string of the molecule is N#Cc1cnc(-c2ccc(-n3c4cc[c-]cc4c4ccccc43)c(-c3cnc(C#N)nc3)c2)nc1.[Rb+]. The Morgan fingerprint density at radius 3 is 2.25 bits per heavy atom. The Labute approximate surface area is 255 Å². The van der Waals surface area contributed by atoms with Crippen LogP contribution in [0.2, 0.25) is 0 Å². The minimum absolute atomic E-state index is 0. The van der Waals surface area contributed by atoms with E-state index < -0.39 is 0 Å². The Morgan fingerprint density at radius 1 is 0.750 bits per heavy atom. The summed E-state index contributed by atoms with van der Waals surface area (Å²) < 4.78 is 2.20. The number of nitriles is 2. The summed E-state index contributed by atoms with van der Waals surface area (Å²) in [5.74, 6) is 0.609. The van der Waals surface area contributed by atoms with Crippen LogP contribution in [0.4, 0.5) is 0 Å². The maximum absolute atomic E-state index is 9.15. The van der Waals surface area contributed by atoms with Gasteiger partial charge >= 0.3 is 58.2 Å². The molecule has 0 fully saturated rings. The van der Waals surface area contributed by atoms with Crippen LogP contribution >= 0.6 is 0 Å². The molecule has 162 valence electrons. The molecule has 0 amide bonds. The van der Waals surface area contributed by atoms with Gasteiger partial charge in [0.05, 0.1) is 11.3 Å². The molecule has 0 saturated carbocycles. The Morgan fingerprint density at radius 2 is 1.50 bits per heavy atom. The molecule has 0 unspecified atom stereocenters. The third-order valence-corrected chi connectivity index (χ3v) is 5.86. The Balaban J connectivity index is 0.00000267. The van der Waals surface area contributed by atoms with Crippen molar-refractivity contribution >= 4 is 21.8 Å². The van der Waals surface area contributed by atoms with E-state index in [1.165, 1.54) is 12.4 Å². The molecule has 7 nitrogen and oxygen atoms in total. The van der Waals surface area contributed by atoms with Crippen LogP contribution in [0.1, 0.15) is 11.4 Å². The van der Waals surface area contributed by atoms with Crippen molar-refractivity contribution in [2.45, 2.75) is 0 Å². The van der Waals surface area contributed by atoms with E-state index in [2.05, 4.69) is 42.7 Å². The van der Waals surface area contributed by atoms with Crippen LogP contribution in [-0.2, 0) is 0 Å². The van der Waals surface area contributed by atoms with Crippen LogP contribution in [0, 0.1) is 28.7 Å². The number of benzene rings is 3. The zero-order valence-electron chi connectivity index (χ0n) is 19.2. The van der Waals surface area contributed by atoms with Gasteiger partial charge in [-0.05, 0) is 29.7 Å². The predicted octanol–water partition coefficient (Wildman–Crippen LogP) is 2.25. The molecule has 0 atom stereocenters. The summed E-state index contributed by atoms with van der Waals surface area (Å²) in [5, 5.41) is 20.5. The number of para-hydroxylation sites is 1. The van der Waals surface area contributed by atoms with Crippen molar-refractivity contribution in [3.63, 3.8) is 0 Å². The maximum Gasteiger partial charge on any atom is 1.00 e. The molecule has 6 aromatic rings. The van der Waals surface area contributed by atoms with Gasteiger partial charge in [0.25, 0.3) is 0 Å². The second kappa shape index (κ2) is 10.2. The minimum atomic E-state index is 0. The van der Waals surface area contributed by atoms with E-state index in [-0.39, 0.29) is 64.0 Å². The zero-order chi connectivity index (χ0) is 23.8. The molecular formula is C28H14N7Rb. The second-order valence-electron chi connectivity index (χ2n) is 7.84. The smallest absolute Gasteiger partial charge is 0.333 e. The molecule has 0 saturated heterocycles. The van der Waals surface area contributed by atoms with Crippen molar-refractivity contribution in [1.29, 1.82) is 10.5 Å². The quantitative estimate of drug-likeness (QED) is 0.323. The number of aromatic nitrogens is 5. The number of hydrogen-bond donors (Lipinski definition) is 0. The molecule has 3 aromatic heterocycles. The third-order valence-electron chi connectivity index (χ3n) is 5.86. The van der Waals surface area contributed by atoms with Crippen LogP contribution in [-0.4, -0.2) is 24.5 Å². The first-order chi connectivity index (χ1) is 17.3. The number of rotatable bonds is 3. The van der Waals surface area contributed by atoms with Crippen molar-refractivity contribution in [2.75, 3.05) is 0 Å². The molecule has 36 heavy (non-hydrogen) atoms. The largest absolute Gasteiger partial charge is 1.00 e. The van der Waals surface area contributed by atoms with Gasteiger partial charge in [0, 0.05) is 47.0 Å². The van der Waals surface area contributed by atoms with Crippen molar-refractivity contribution in [1.82, 2.24) is 24.5 Å². The van der Waals surface area contributed by atoms with E-state index in [0.29, 0.717) is 11.4 Å². The molecule has 3 aromatic carbocycles. The van der Waals surface area contributed by atoms with Gasteiger partial charge in [-0.15, -0.1) is 11.5 Å². The van der Waals surface area contributed by atoms with Gasteiger partial charge in [0.2, 0.25) is 5.82 Å². The van der Waals surface area contributed by atoms with Crippen LogP contribution in [0.15, 0.2) is 85.5 Å². The van der Waals surface area contributed by atoms with Gasteiger partial charge in [-0.2, -0.15) is 28.7 Å². The summed E-state index contributed by atoms with van der Waals surface area (Å²) >= 11 is 0. The molecular weight excluding hydrogens is 520 g/mol. The minimum Gasteiger partial charge on any atom is -0.333 e. The molecule has 6 rings (SSSR count). The van der Waals surface area contributed by atoms with Crippen LogP contribution in [0.25, 0.3) is 50.0 Å². The summed E-state index contributed by atoms with van der Waals surface area (Å²) in [5.41, 5.74) is 5.81. The molecule has 0 aliphatic rings. The van der Waals surface area contributed by atoms with Crippen molar-refractivity contribution < 1.29 is 58.2 Å². The Hall–Kier alpha value is -3.59. The molecule has 0 N–H and O–H groups in total.